The highest BCUT2D eigenvalue weighted by molar-refractivity contribution is 7.99. The van der Waals surface area contributed by atoms with Gasteiger partial charge in [0, 0.05) is 36.7 Å². The molecule has 2 amide bonds. The van der Waals surface area contributed by atoms with E-state index in [1.54, 1.807) is 11.8 Å². The largest absolute Gasteiger partial charge is 0.352 e. The van der Waals surface area contributed by atoms with Gasteiger partial charge in [-0.15, -0.1) is 11.8 Å². The molecule has 124 valence electrons. The molecule has 2 aliphatic heterocycles. The van der Waals surface area contributed by atoms with Gasteiger partial charge in [0.15, 0.2) is 0 Å². The maximum Gasteiger partial charge on any atom is 0.238 e. The van der Waals surface area contributed by atoms with E-state index in [0.29, 0.717) is 5.91 Å². The first-order chi connectivity index (χ1) is 10.7. The fraction of sp³-hybridized carbons (Fsp3) is 0.875. The van der Waals surface area contributed by atoms with E-state index in [0.717, 1.165) is 50.4 Å². The van der Waals surface area contributed by atoms with Gasteiger partial charge in [0.25, 0.3) is 0 Å². The van der Waals surface area contributed by atoms with Crippen molar-refractivity contribution in [3.05, 3.63) is 0 Å². The molecule has 2 heterocycles. The minimum atomic E-state index is -0.0353. The molecular weight excluding hydrogens is 298 g/mol. The fourth-order valence-corrected chi connectivity index (χ4v) is 4.66. The van der Waals surface area contributed by atoms with Crippen molar-refractivity contribution in [3.8, 4) is 0 Å². The Balaban J connectivity index is 1.41. The van der Waals surface area contributed by atoms with E-state index in [4.69, 9.17) is 0 Å². The number of carbonyl (C=O) groups excluding carboxylic acids is 2. The summed E-state index contributed by atoms with van der Waals surface area (Å²) in [6.07, 6.45) is 7.62. The van der Waals surface area contributed by atoms with Gasteiger partial charge in [0.2, 0.25) is 11.8 Å². The standard InChI is InChI=1S/C16H27N3O2S/c20-15(14-10-22-11-17-14)18-13-6-8-19(9-7-13)16(21)12-4-2-1-3-5-12/h12-14,17H,1-11H2,(H,18,20). The molecule has 3 rings (SSSR count). The van der Waals surface area contributed by atoms with Crippen LogP contribution < -0.4 is 10.6 Å². The van der Waals surface area contributed by atoms with Gasteiger partial charge >= 0.3 is 0 Å². The Morgan fingerprint density at radius 1 is 1.05 bits per heavy atom. The van der Waals surface area contributed by atoms with Crippen LogP contribution in [0.25, 0.3) is 0 Å². The third-order valence-corrected chi connectivity index (χ3v) is 6.08. The molecule has 0 aromatic carbocycles. The molecule has 0 aromatic heterocycles. The van der Waals surface area contributed by atoms with E-state index in [2.05, 4.69) is 10.6 Å². The van der Waals surface area contributed by atoms with E-state index >= 15 is 0 Å². The number of nitrogens with one attached hydrogen (secondary N) is 2. The summed E-state index contributed by atoms with van der Waals surface area (Å²) in [5.41, 5.74) is 0. The number of amides is 2. The Bertz CT molecular complexity index is 398. The zero-order chi connectivity index (χ0) is 15.4. The first-order valence-corrected chi connectivity index (χ1v) is 9.80. The molecule has 2 saturated heterocycles. The number of carbonyl (C=O) groups is 2. The van der Waals surface area contributed by atoms with Crippen molar-refractivity contribution >= 4 is 23.6 Å². The molecule has 1 saturated carbocycles. The summed E-state index contributed by atoms with van der Waals surface area (Å²) < 4.78 is 0. The summed E-state index contributed by atoms with van der Waals surface area (Å²) >= 11 is 1.77. The van der Waals surface area contributed by atoms with E-state index < -0.39 is 0 Å². The van der Waals surface area contributed by atoms with Crippen molar-refractivity contribution in [1.82, 2.24) is 15.5 Å². The maximum atomic E-state index is 12.5. The summed E-state index contributed by atoms with van der Waals surface area (Å²) in [7, 11) is 0. The third kappa shape index (κ3) is 3.96. The maximum absolute atomic E-state index is 12.5. The van der Waals surface area contributed by atoms with Crippen molar-refractivity contribution in [1.29, 1.82) is 0 Å². The van der Waals surface area contributed by atoms with E-state index in [-0.39, 0.29) is 23.9 Å². The predicted molar refractivity (Wildman–Crippen MR) is 88.6 cm³/mol. The molecule has 1 aliphatic carbocycles. The summed E-state index contributed by atoms with van der Waals surface area (Å²) in [4.78, 5) is 26.7. The third-order valence-electron chi connectivity index (χ3n) is 5.14. The Kier molecular flexibility index (Phi) is 5.63. The van der Waals surface area contributed by atoms with Crippen LogP contribution in [0.15, 0.2) is 0 Å². The van der Waals surface area contributed by atoms with Gasteiger partial charge < -0.3 is 10.2 Å². The van der Waals surface area contributed by atoms with E-state index in [1.807, 2.05) is 4.90 Å². The van der Waals surface area contributed by atoms with Gasteiger partial charge in [0.05, 0.1) is 6.04 Å². The SMILES string of the molecule is O=C(NC1CCN(C(=O)C2CCCCC2)CC1)C1CSCN1. The number of rotatable bonds is 3. The lowest BCUT2D eigenvalue weighted by atomic mass is 9.87. The molecule has 0 spiro atoms. The molecule has 0 bridgehead atoms. The first-order valence-electron chi connectivity index (χ1n) is 8.64. The lowest BCUT2D eigenvalue weighted by molar-refractivity contribution is -0.137. The van der Waals surface area contributed by atoms with E-state index in [1.165, 1.54) is 19.3 Å². The lowest BCUT2D eigenvalue weighted by Gasteiger charge is -2.35. The van der Waals surface area contributed by atoms with Crippen LogP contribution in [0.1, 0.15) is 44.9 Å². The van der Waals surface area contributed by atoms with Crippen LogP contribution in [0.4, 0.5) is 0 Å². The molecule has 3 fully saturated rings. The van der Waals surface area contributed by atoms with Crippen molar-refractivity contribution in [2.45, 2.75) is 57.0 Å². The molecule has 3 aliphatic rings. The number of hydrogen-bond donors (Lipinski definition) is 2. The zero-order valence-corrected chi connectivity index (χ0v) is 14.0. The molecule has 2 N–H and O–H groups in total. The monoisotopic (exact) mass is 325 g/mol. The van der Waals surface area contributed by atoms with Crippen LogP contribution in [0.5, 0.6) is 0 Å². The van der Waals surface area contributed by atoms with Crippen molar-refractivity contribution in [2.24, 2.45) is 5.92 Å². The Morgan fingerprint density at radius 2 is 1.77 bits per heavy atom. The Labute approximate surface area is 137 Å². The van der Waals surface area contributed by atoms with Gasteiger partial charge in [-0.25, -0.2) is 0 Å². The van der Waals surface area contributed by atoms with Gasteiger partial charge in [0.1, 0.15) is 0 Å². The predicted octanol–water partition coefficient (Wildman–Crippen LogP) is 1.34. The second-order valence-electron chi connectivity index (χ2n) is 6.71. The molecule has 0 radical (unpaired) electrons. The second kappa shape index (κ2) is 7.68. The molecule has 0 aromatic rings. The van der Waals surface area contributed by atoms with E-state index in [9.17, 15) is 9.59 Å². The molecule has 1 unspecified atom stereocenters. The summed E-state index contributed by atoms with van der Waals surface area (Å²) in [6.45, 7) is 1.60. The molecule has 6 heteroatoms. The van der Waals surface area contributed by atoms with Crippen LogP contribution in [0.2, 0.25) is 0 Å². The van der Waals surface area contributed by atoms with Crippen LogP contribution in [0, 0.1) is 5.92 Å². The molecule has 5 nitrogen and oxygen atoms in total. The highest BCUT2D eigenvalue weighted by Gasteiger charge is 2.31. The topological polar surface area (TPSA) is 61.4 Å². The van der Waals surface area contributed by atoms with Crippen molar-refractivity contribution in [2.75, 3.05) is 24.7 Å². The zero-order valence-electron chi connectivity index (χ0n) is 13.2. The van der Waals surface area contributed by atoms with Gasteiger partial charge in [-0.05, 0) is 25.7 Å². The summed E-state index contributed by atoms with van der Waals surface area (Å²) in [5.74, 6) is 2.48. The first kappa shape index (κ1) is 16.1. The fourth-order valence-electron chi connectivity index (χ4n) is 3.72. The average Bonchev–Trinajstić information content (AvgIpc) is 3.10. The van der Waals surface area contributed by atoms with Crippen LogP contribution in [-0.2, 0) is 9.59 Å². The van der Waals surface area contributed by atoms with Crippen LogP contribution in [-0.4, -0.2) is 53.5 Å². The molecule has 1 atom stereocenters. The number of hydrogen-bond acceptors (Lipinski definition) is 4. The Morgan fingerprint density at radius 3 is 2.41 bits per heavy atom. The molecular formula is C16H27N3O2S. The highest BCUT2D eigenvalue weighted by atomic mass is 32.2. The van der Waals surface area contributed by atoms with Gasteiger partial charge in [-0.1, -0.05) is 19.3 Å². The summed E-state index contributed by atoms with van der Waals surface area (Å²) in [6, 6.07) is 0.196. The highest BCUT2D eigenvalue weighted by Crippen LogP contribution is 2.26. The average molecular weight is 325 g/mol. The number of piperidine rings is 1. The van der Waals surface area contributed by atoms with Crippen LogP contribution >= 0.6 is 11.8 Å². The Hall–Kier alpha value is -0.750. The minimum Gasteiger partial charge on any atom is -0.352 e. The molecule has 22 heavy (non-hydrogen) atoms. The quantitative estimate of drug-likeness (QED) is 0.822. The number of nitrogens with zero attached hydrogens (tertiary/aromatic N) is 1. The summed E-state index contributed by atoms with van der Waals surface area (Å²) in [5, 5.41) is 6.35. The van der Waals surface area contributed by atoms with Gasteiger partial charge in [-0.3, -0.25) is 14.9 Å². The number of likely N-dealkylation sites (tertiary alicyclic amines) is 1. The number of thioether (sulfide) groups is 1. The van der Waals surface area contributed by atoms with Crippen molar-refractivity contribution < 1.29 is 9.59 Å². The van der Waals surface area contributed by atoms with Crippen molar-refractivity contribution in [3.63, 3.8) is 0 Å². The second-order valence-corrected chi connectivity index (χ2v) is 7.75. The van der Waals surface area contributed by atoms with Gasteiger partial charge in [-0.2, -0.15) is 0 Å². The normalized spacial score (nSPS) is 27.8. The lowest BCUT2D eigenvalue weighted by Crippen LogP contribution is -2.51. The minimum absolute atomic E-state index is 0.0353. The smallest absolute Gasteiger partial charge is 0.238 e. The van der Waals surface area contributed by atoms with Crippen LogP contribution in [0.3, 0.4) is 0 Å².